The third-order valence-corrected chi connectivity index (χ3v) is 8.48. The fourth-order valence-electron chi connectivity index (χ4n) is 6.35. The number of rotatable bonds is 6. The molecule has 0 aliphatic heterocycles. The molecule has 5 aromatic rings. The van der Waals surface area contributed by atoms with Crippen LogP contribution in [0.25, 0.3) is 0 Å². The molecular formula is C37H38N4. The third-order valence-electron chi connectivity index (χ3n) is 8.48. The van der Waals surface area contributed by atoms with E-state index in [1.165, 1.54) is 53.8 Å². The maximum Gasteiger partial charge on any atom is 0.121 e. The van der Waals surface area contributed by atoms with Gasteiger partial charge in [-0.2, -0.15) is 0 Å². The van der Waals surface area contributed by atoms with E-state index in [9.17, 15) is 0 Å². The molecule has 2 atom stereocenters. The maximum absolute atomic E-state index is 4.91. The van der Waals surface area contributed by atoms with Crippen molar-refractivity contribution in [1.82, 2.24) is 19.5 Å². The second-order valence-electron chi connectivity index (χ2n) is 11.0. The van der Waals surface area contributed by atoms with E-state index in [1.807, 2.05) is 12.5 Å². The van der Waals surface area contributed by atoms with Gasteiger partial charge in [-0.3, -0.25) is 0 Å². The molecule has 41 heavy (non-hydrogen) atoms. The van der Waals surface area contributed by atoms with Crippen LogP contribution in [0.1, 0.15) is 78.4 Å². The van der Waals surface area contributed by atoms with Gasteiger partial charge in [0, 0.05) is 29.9 Å². The van der Waals surface area contributed by atoms with Gasteiger partial charge in [0.05, 0.1) is 18.3 Å². The van der Waals surface area contributed by atoms with Gasteiger partial charge >= 0.3 is 0 Å². The molecule has 0 amide bonds. The van der Waals surface area contributed by atoms with Gasteiger partial charge in [-0.05, 0) is 55.2 Å². The Hall–Kier alpha value is -4.44. The molecule has 4 heteroatoms. The Labute approximate surface area is 243 Å². The van der Waals surface area contributed by atoms with Crippen LogP contribution >= 0.6 is 0 Å². The number of nitrogens with one attached hydrogen (secondary N) is 1. The highest BCUT2D eigenvalue weighted by molar-refractivity contribution is 5.50. The number of hydrogen-bond acceptors (Lipinski definition) is 2. The van der Waals surface area contributed by atoms with Crippen LogP contribution in [0.3, 0.4) is 0 Å². The van der Waals surface area contributed by atoms with E-state index in [4.69, 9.17) is 4.98 Å². The van der Waals surface area contributed by atoms with Crippen LogP contribution in [0.5, 0.6) is 0 Å². The first-order valence-electron chi connectivity index (χ1n) is 14.8. The lowest BCUT2D eigenvalue weighted by Crippen LogP contribution is -2.37. The van der Waals surface area contributed by atoms with Gasteiger partial charge in [0.1, 0.15) is 5.54 Å². The monoisotopic (exact) mass is 538 g/mol. The minimum atomic E-state index is -0.473. The molecule has 0 spiro atoms. The zero-order valence-corrected chi connectivity index (χ0v) is 23.5. The summed E-state index contributed by atoms with van der Waals surface area (Å²) in [4.78, 5) is 12.1. The molecule has 7 rings (SSSR count). The Morgan fingerprint density at radius 2 is 1.20 bits per heavy atom. The molecule has 2 aliphatic rings. The first kappa shape index (κ1) is 26.8. The molecule has 0 bridgehead atoms. The van der Waals surface area contributed by atoms with E-state index in [-0.39, 0.29) is 0 Å². The molecule has 206 valence electrons. The van der Waals surface area contributed by atoms with Gasteiger partial charge in [0.25, 0.3) is 0 Å². The highest BCUT2D eigenvalue weighted by atomic mass is 15.1. The number of aromatic amines is 1. The molecule has 2 unspecified atom stereocenters. The summed E-state index contributed by atoms with van der Waals surface area (Å²) in [6.45, 7) is 0. The van der Waals surface area contributed by atoms with Gasteiger partial charge in [-0.1, -0.05) is 115 Å². The van der Waals surface area contributed by atoms with Crippen molar-refractivity contribution in [3.63, 3.8) is 0 Å². The van der Waals surface area contributed by atoms with Crippen molar-refractivity contribution in [2.24, 2.45) is 0 Å². The van der Waals surface area contributed by atoms with Crippen LogP contribution in [0.4, 0.5) is 0 Å². The minimum absolute atomic E-state index is 0.473. The summed E-state index contributed by atoms with van der Waals surface area (Å²) in [6, 6.07) is 32.3. The quantitative estimate of drug-likeness (QED) is 0.173. The molecule has 0 radical (unpaired) electrons. The smallest absolute Gasteiger partial charge is 0.121 e. The highest BCUT2D eigenvalue weighted by Crippen LogP contribution is 2.41. The normalized spacial score (nSPS) is 18.4. The molecule has 0 fully saturated rings. The first-order valence-corrected chi connectivity index (χ1v) is 14.8. The second-order valence-corrected chi connectivity index (χ2v) is 11.0. The van der Waals surface area contributed by atoms with Crippen LogP contribution in [0.2, 0.25) is 0 Å². The molecule has 2 aliphatic carbocycles. The van der Waals surface area contributed by atoms with E-state index < -0.39 is 5.54 Å². The van der Waals surface area contributed by atoms with Crippen LogP contribution in [-0.4, -0.2) is 19.5 Å². The summed E-state index contributed by atoms with van der Waals surface area (Å²) >= 11 is 0. The number of imidazole rings is 2. The average molecular weight is 539 g/mol. The Bertz CT molecular complexity index is 1440. The van der Waals surface area contributed by atoms with Gasteiger partial charge in [0.15, 0.2) is 0 Å². The van der Waals surface area contributed by atoms with E-state index in [0.29, 0.717) is 11.8 Å². The number of nitrogens with zero attached hydrogens (tertiary/aromatic N) is 3. The highest BCUT2D eigenvalue weighted by Gasteiger charge is 2.38. The largest absolute Gasteiger partial charge is 0.348 e. The van der Waals surface area contributed by atoms with Crippen molar-refractivity contribution in [3.8, 4) is 0 Å². The summed E-state index contributed by atoms with van der Waals surface area (Å²) < 4.78 is 2.32. The molecule has 0 saturated carbocycles. The number of hydrogen-bond donors (Lipinski definition) is 1. The molecule has 3 aromatic carbocycles. The fraction of sp³-hybridized carbons (Fsp3) is 0.243. The molecular weight excluding hydrogens is 500 g/mol. The maximum atomic E-state index is 4.91. The van der Waals surface area contributed by atoms with Crippen LogP contribution in [0, 0.1) is 0 Å². The average Bonchev–Trinajstić information content (AvgIpc) is 3.79. The van der Waals surface area contributed by atoms with Gasteiger partial charge in [0.2, 0.25) is 0 Å². The number of H-pyrrole nitrogens is 1. The summed E-state index contributed by atoms with van der Waals surface area (Å²) in [7, 11) is 0. The van der Waals surface area contributed by atoms with Gasteiger partial charge < -0.3 is 9.55 Å². The van der Waals surface area contributed by atoms with Crippen molar-refractivity contribution < 1.29 is 0 Å². The molecule has 2 heterocycles. The Balaban J connectivity index is 0.000000229. The van der Waals surface area contributed by atoms with Crippen molar-refractivity contribution in [1.29, 1.82) is 0 Å². The van der Waals surface area contributed by atoms with Crippen LogP contribution in [0.15, 0.2) is 140 Å². The SMILES string of the molecule is C1=CCC(c2cn(C(c3ccccc3)(c3ccccc3)c3ccccc3)cn2)CC1.C1=CCC(c2cnc[nH]2)CC1. The predicted octanol–water partition coefficient (Wildman–Crippen LogP) is 8.78. The number of aromatic nitrogens is 4. The van der Waals surface area contributed by atoms with E-state index in [1.54, 1.807) is 6.33 Å². The van der Waals surface area contributed by atoms with E-state index in [2.05, 4.69) is 136 Å². The Kier molecular flexibility index (Phi) is 8.37. The van der Waals surface area contributed by atoms with Crippen molar-refractivity contribution in [2.75, 3.05) is 0 Å². The van der Waals surface area contributed by atoms with Crippen LogP contribution < -0.4 is 0 Å². The first-order chi connectivity index (χ1) is 20.4. The Morgan fingerprint density at radius 1 is 0.659 bits per heavy atom. The number of allylic oxidation sites excluding steroid dienone is 4. The predicted molar refractivity (Wildman–Crippen MR) is 167 cm³/mol. The molecule has 4 nitrogen and oxygen atoms in total. The molecule has 1 N–H and O–H groups in total. The van der Waals surface area contributed by atoms with Gasteiger partial charge in [-0.25, -0.2) is 9.97 Å². The number of benzene rings is 3. The van der Waals surface area contributed by atoms with E-state index in [0.717, 1.165) is 12.8 Å². The van der Waals surface area contributed by atoms with Crippen LogP contribution in [-0.2, 0) is 5.54 Å². The fourth-order valence-corrected chi connectivity index (χ4v) is 6.35. The molecule has 2 aromatic heterocycles. The summed E-state index contributed by atoms with van der Waals surface area (Å²) in [5.74, 6) is 1.18. The zero-order valence-electron chi connectivity index (χ0n) is 23.5. The standard InChI is InChI=1S/C28H26N2.C9H12N2/c1-5-13-23(14-6-1)27-21-30(22-29-27)28(24-15-7-2-8-16-24,25-17-9-3-10-18-25)26-19-11-4-12-20-26;1-2-4-8(5-3-1)9-6-10-7-11-9/h1-5,7-12,15-23H,6,13-14H2;1-2,6-8H,3-5H2,(H,10,11). The minimum Gasteiger partial charge on any atom is -0.348 e. The van der Waals surface area contributed by atoms with Crippen molar-refractivity contribution in [3.05, 3.63) is 168 Å². The lowest BCUT2D eigenvalue weighted by Gasteiger charge is -2.37. The van der Waals surface area contributed by atoms with E-state index >= 15 is 0 Å². The van der Waals surface area contributed by atoms with Crippen molar-refractivity contribution in [2.45, 2.75) is 55.9 Å². The summed E-state index contributed by atoms with van der Waals surface area (Å²) in [6.07, 6.45) is 24.1. The summed E-state index contributed by atoms with van der Waals surface area (Å²) in [5, 5.41) is 0. The molecule has 0 saturated heterocycles. The topological polar surface area (TPSA) is 46.5 Å². The lowest BCUT2D eigenvalue weighted by molar-refractivity contribution is 0.512. The lowest BCUT2D eigenvalue weighted by atomic mass is 9.76. The van der Waals surface area contributed by atoms with Crippen molar-refractivity contribution >= 4 is 0 Å². The zero-order chi connectivity index (χ0) is 27.7. The second kappa shape index (κ2) is 12.8. The summed E-state index contributed by atoms with van der Waals surface area (Å²) in [5.41, 5.74) is 5.69. The third kappa shape index (κ3) is 5.74. The van der Waals surface area contributed by atoms with Gasteiger partial charge in [-0.15, -0.1) is 0 Å². The Morgan fingerprint density at radius 3 is 1.66 bits per heavy atom.